The summed E-state index contributed by atoms with van der Waals surface area (Å²) < 4.78 is 10.1. The van der Waals surface area contributed by atoms with Crippen LogP contribution in [-0.2, 0) is 4.74 Å². The van der Waals surface area contributed by atoms with Gasteiger partial charge in [0.15, 0.2) is 0 Å². The van der Waals surface area contributed by atoms with Crippen molar-refractivity contribution in [2.24, 2.45) is 0 Å². The summed E-state index contributed by atoms with van der Waals surface area (Å²) in [5, 5.41) is 25.2. The zero-order valence-corrected chi connectivity index (χ0v) is 15.3. The number of non-ortho nitro benzene ring substituents is 1. The van der Waals surface area contributed by atoms with Crippen LogP contribution in [0.25, 0.3) is 0 Å². The first kappa shape index (κ1) is 20.1. The molecule has 0 fully saturated rings. The molecule has 30 heavy (non-hydrogen) atoms. The van der Waals surface area contributed by atoms with E-state index < -0.39 is 21.5 Å². The predicted octanol–water partition coefficient (Wildman–Crippen LogP) is 3.62. The number of carbonyl (C=O) groups is 1. The molecule has 0 spiro atoms. The van der Waals surface area contributed by atoms with E-state index in [4.69, 9.17) is 4.74 Å². The Hall–Kier alpha value is -4.61. The van der Waals surface area contributed by atoms with Crippen LogP contribution in [0, 0.1) is 20.2 Å². The Balaban J connectivity index is 1.91. The van der Waals surface area contributed by atoms with Crippen LogP contribution >= 0.6 is 0 Å². The van der Waals surface area contributed by atoms with E-state index >= 15 is 0 Å². The number of hydrogen-bond donors (Lipinski definition) is 1. The van der Waals surface area contributed by atoms with Crippen LogP contribution in [0.1, 0.15) is 10.4 Å². The van der Waals surface area contributed by atoms with Crippen molar-refractivity contribution in [2.75, 3.05) is 12.4 Å². The molecular formula is C18H13N5O7. The number of carbonyl (C=O) groups excluding carboxylic acids is 1. The Morgan fingerprint density at radius 2 is 1.77 bits per heavy atom. The molecule has 0 radical (unpaired) electrons. The Morgan fingerprint density at radius 3 is 2.40 bits per heavy atom. The number of nitro benzene ring substituents is 1. The molecule has 12 nitrogen and oxygen atoms in total. The summed E-state index contributed by atoms with van der Waals surface area (Å²) in [5.41, 5.74) is -0.269. The molecule has 152 valence electrons. The molecule has 0 atom stereocenters. The molecular weight excluding hydrogens is 398 g/mol. The molecule has 0 aliphatic heterocycles. The van der Waals surface area contributed by atoms with Gasteiger partial charge in [-0.2, -0.15) is 4.98 Å². The molecule has 12 heteroatoms. The molecule has 0 aliphatic carbocycles. The SMILES string of the molecule is COC(=O)c1ccc(Oc2ncnc(Nc3cccc([N+](=O)[O-])c3)c2[N+](=O)[O-])cc1. The second-order valence-corrected chi connectivity index (χ2v) is 5.68. The van der Waals surface area contributed by atoms with Crippen LogP contribution < -0.4 is 10.1 Å². The number of hydrogen-bond acceptors (Lipinski definition) is 10. The molecule has 1 N–H and O–H groups in total. The second-order valence-electron chi connectivity index (χ2n) is 5.68. The van der Waals surface area contributed by atoms with E-state index in [-0.39, 0.29) is 34.4 Å². The summed E-state index contributed by atoms with van der Waals surface area (Å²) in [6.45, 7) is 0. The quantitative estimate of drug-likeness (QED) is 0.345. The number of nitrogens with zero attached hydrogens (tertiary/aromatic N) is 4. The summed E-state index contributed by atoms with van der Waals surface area (Å²) in [6.07, 6.45) is 1.05. The number of esters is 1. The Labute approximate surface area is 168 Å². The van der Waals surface area contributed by atoms with E-state index in [1.807, 2.05) is 0 Å². The van der Waals surface area contributed by atoms with Crippen molar-refractivity contribution in [3.05, 3.63) is 80.7 Å². The standard InChI is InChI=1S/C18H13N5O7/c1-29-18(24)11-5-7-14(8-6-11)30-17-15(23(27)28)16(19-10-20-17)21-12-3-2-4-13(9-12)22(25)26/h2-10H,1H3,(H,19,20,21). The molecule has 3 rings (SSSR count). The van der Waals surface area contributed by atoms with Gasteiger partial charge in [-0.25, -0.2) is 9.78 Å². The molecule has 0 saturated heterocycles. The van der Waals surface area contributed by atoms with Gasteiger partial charge in [0.25, 0.3) is 5.69 Å². The lowest BCUT2D eigenvalue weighted by Gasteiger charge is -2.09. The highest BCUT2D eigenvalue weighted by atomic mass is 16.6. The van der Waals surface area contributed by atoms with E-state index in [0.29, 0.717) is 0 Å². The van der Waals surface area contributed by atoms with Gasteiger partial charge in [-0.3, -0.25) is 20.2 Å². The number of nitro groups is 2. The van der Waals surface area contributed by atoms with Crippen LogP contribution in [0.3, 0.4) is 0 Å². The first-order valence-corrected chi connectivity index (χ1v) is 8.26. The highest BCUT2D eigenvalue weighted by Gasteiger charge is 2.25. The first-order valence-electron chi connectivity index (χ1n) is 8.26. The molecule has 0 bridgehead atoms. The minimum absolute atomic E-state index is 0.186. The lowest BCUT2D eigenvalue weighted by molar-refractivity contribution is -0.385. The summed E-state index contributed by atoms with van der Waals surface area (Å²) in [4.78, 5) is 40.3. The number of ether oxygens (including phenoxy) is 2. The Bertz CT molecular complexity index is 1120. The maximum Gasteiger partial charge on any atom is 0.373 e. The third-order valence-electron chi connectivity index (χ3n) is 3.78. The zero-order chi connectivity index (χ0) is 21.7. The van der Waals surface area contributed by atoms with Gasteiger partial charge in [-0.1, -0.05) is 6.07 Å². The lowest BCUT2D eigenvalue weighted by atomic mass is 10.2. The van der Waals surface area contributed by atoms with Crippen LogP contribution in [0.15, 0.2) is 54.9 Å². The van der Waals surface area contributed by atoms with E-state index in [9.17, 15) is 25.0 Å². The minimum atomic E-state index is -0.738. The highest BCUT2D eigenvalue weighted by Crippen LogP contribution is 2.35. The number of nitrogens with one attached hydrogen (secondary N) is 1. The fourth-order valence-electron chi connectivity index (χ4n) is 2.42. The molecule has 0 amide bonds. The largest absolute Gasteiger partial charge is 0.465 e. The van der Waals surface area contributed by atoms with Gasteiger partial charge in [0.05, 0.1) is 22.5 Å². The number of anilines is 2. The minimum Gasteiger partial charge on any atom is -0.465 e. The maximum atomic E-state index is 11.6. The number of rotatable bonds is 7. The van der Waals surface area contributed by atoms with E-state index in [2.05, 4.69) is 20.0 Å². The van der Waals surface area contributed by atoms with E-state index in [1.165, 1.54) is 55.6 Å². The van der Waals surface area contributed by atoms with Gasteiger partial charge in [-0.05, 0) is 30.3 Å². The maximum absolute atomic E-state index is 11.6. The highest BCUT2D eigenvalue weighted by molar-refractivity contribution is 5.89. The smallest absolute Gasteiger partial charge is 0.373 e. The first-order chi connectivity index (χ1) is 14.4. The molecule has 0 aliphatic rings. The third-order valence-corrected chi connectivity index (χ3v) is 3.78. The van der Waals surface area contributed by atoms with Crippen molar-refractivity contribution < 1.29 is 24.1 Å². The zero-order valence-electron chi connectivity index (χ0n) is 15.3. The Kier molecular flexibility index (Phi) is 5.77. The number of aromatic nitrogens is 2. The van der Waals surface area contributed by atoms with Crippen molar-refractivity contribution in [1.29, 1.82) is 0 Å². The van der Waals surface area contributed by atoms with Gasteiger partial charge in [0, 0.05) is 17.8 Å². The average molecular weight is 411 g/mol. The van der Waals surface area contributed by atoms with Gasteiger partial charge >= 0.3 is 17.5 Å². The normalized spacial score (nSPS) is 10.2. The Morgan fingerprint density at radius 1 is 1.03 bits per heavy atom. The van der Waals surface area contributed by atoms with E-state index in [0.717, 1.165) is 6.33 Å². The van der Waals surface area contributed by atoms with Crippen molar-refractivity contribution in [2.45, 2.75) is 0 Å². The van der Waals surface area contributed by atoms with E-state index in [1.54, 1.807) is 0 Å². The second kappa shape index (κ2) is 8.60. The van der Waals surface area contributed by atoms with Crippen LogP contribution in [-0.4, -0.2) is 32.9 Å². The summed E-state index contributed by atoms with van der Waals surface area (Å²) in [6, 6.07) is 11.1. The molecule has 1 aromatic heterocycles. The molecule has 1 heterocycles. The topological polar surface area (TPSA) is 160 Å². The molecule has 0 unspecified atom stereocenters. The summed E-state index contributed by atoms with van der Waals surface area (Å²) in [5.74, 6) is -0.922. The van der Waals surface area contributed by atoms with Crippen molar-refractivity contribution >= 4 is 28.8 Å². The van der Waals surface area contributed by atoms with Crippen LogP contribution in [0.4, 0.5) is 22.9 Å². The molecule has 0 saturated carbocycles. The fraction of sp³-hybridized carbons (Fsp3) is 0.0556. The van der Waals surface area contributed by atoms with Gasteiger partial charge in [0.1, 0.15) is 12.1 Å². The van der Waals surface area contributed by atoms with Crippen molar-refractivity contribution in [1.82, 2.24) is 9.97 Å². The summed E-state index contributed by atoms with van der Waals surface area (Å²) in [7, 11) is 1.24. The number of benzene rings is 2. The predicted molar refractivity (Wildman–Crippen MR) is 103 cm³/mol. The van der Waals surface area contributed by atoms with Crippen molar-refractivity contribution in [3.8, 4) is 11.6 Å². The lowest BCUT2D eigenvalue weighted by Crippen LogP contribution is -2.04. The monoisotopic (exact) mass is 411 g/mol. The fourth-order valence-corrected chi connectivity index (χ4v) is 2.42. The van der Waals surface area contributed by atoms with Crippen molar-refractivity contribution in [3.63, 3.8) is 0 Å². The van der Waals surface area contributed by atoms with Crippen LogP contribution in [0.2, 0.25) is 0 Å². The van der Waals surface area contributed by atoms with Gasteiger partial charge in [0.2, 0.25) is 5.82 Å². The van der Waals surface area contributed by atoms with Gasteiger partial charge < -0.3 is 14.8 Å². The molecule has 2 aromatic carbocycles. The molecule has 3 aromatic rings. The van der Waals surface area contributed by atoms with Crippen LogP contribution in [0.5, 0.6) is 11.6 Å². The number of methoxy groups -OCH3 is 1. The third kappa shape index (κ3) is 4.44. The summed E-state index contributed by atoms with van der Waals surface area (Å²) >= 11 is 0. The van der Waals surface area contributed by atoms with Gasteiger partial charge in [-0.15, -0.1) is 0 Å². The average Bonchev–Trinajstić information content (AvgIpc) is 2.74.